The van der Waals surface area contributed by atoms with E-state index in [1.165, 1.54) is 0 Å². The van der Waals surface area contributed by atoms with E-state index in [0.29, 0.717) is 0 Å². The SMILES string of the molecule is CCCN1CCN(c2ccc(Br)cc2[N+](=O)[O-])CC1. The third-order valence-electron chi connectivity index (χ3n) is 3.39. The summed E-state index contributed by atoms with van der Waals surface area (Å²) in [5, 5.41) is 11.1. The highest BCUT2D eigenvalue weighted by Crippen LogP contribution is 2.31. The van der Waals surface area contributed by atoms with Gasteiger partial charge in [0.05, 0.1) is 4.92 Å². The Balaban J connectivity index is 2.13. The molecule has 19 heavy (non-hydrogen) atoms. The Labute approximate surface area is 121 Å². The van der Waals surface area contributed by atoms with Gasteiger partial charge in [-0.1, -0.05) is 22.9 Å². The second-order valence-corrected chi connectivity index (χ2v) is 5.63. The minimum Gasteiger partial charge on any atom is -0.363 e. The van der Waals surface area contributed by atoms with E-state index in [2.05, 4.69) is 32.7 Å². The number of halogens is 1. The Morgan fingerprint density at radius 1 is 1.32 bits per heavy atom. The molecule has 1 aromatic rings. The summed E-state index contributed by atoms with van der Waals surface area (Å²) in [6.45, 7) is 6.93. The predicted molar refractivity (Wildman–Crippen MR) is 79.7 cm³/mol. The van der Waals surface area contributed by atoms with E-state index in [-0.39, 0.29) is 10.6 Å². The van der Waals surface area contributed by atoms with Crippen LogP contribution in [0.15, 0.2) is 22.7 Å². The molecule has 0 unspecified atom stereocenters. The van der Waals surface area contributed by atoms with E-state index in [4.69, 9.17) is 0 Å². The molecule has 6 heteroatoms. The van der Waals surface area contributed by atoms with Gasteiger partial charge in [0.2, 0.25) is 0 Å². The molecular formula is C13H18BrN3O2. The second-order valence-electron chi connectivity index (χ2n) is 4.72. The highest BCUT2D eigenvalue weighted by Gasteiger charge is 2.23. The van der Waals surface area contributed by atoms with E-state index >= 15 is 0 Å². The van der Waals surface area contributed by atoms with Crippen molar-refractivity contribution < 1.29 is 4.92 Å². The van der Waals surface area contributed by atoms with Gasteiger partial charge in [0, 0.05) is 36.7 Å². The molecule has 5 nitrogen and oxygen atoms in total. The van der Waals surface area contributed by atoms with Gasteiger partial charge in [0.15, 0.2) is 0 Å². The molecule has 1 heterocycles. The van der Waals surface area contributed by atoms with Gasteiger partial charge in [-0.3, -0.25) is 15.0 Å². The molecule has 104 valence electrons. The minimum atomic E-state index is -0.307. The van der Waals surface area contributed by atoms with Crippen LogP contribution in [0.5, 0.6) is 0 Å². The van der Waals surface area contributed by atoms with Crippen LogP contribution < -0.4 is 4.90 Å². The van der Waals surface area contributed by atoms with E-state index in [0.717, 1.165) is 49.3 Å². The Morgan fingerprint density at radius 3 is 2.58 bits per heavy atom. The fourth-order valence-electron chi connectivity index (χ4n) is 2.44. The van der Waals surface area contributed by atoms with Crippen molar-refractivity contribution >= 4 is 27.3 Å². The summed E-state index contributed by atoms with van der Waals surface area (Å²) in [5.41, 5.74) is 0.905. The summed E-state index contributed by atoms with van der Waals surface area (Å²) in [4.78, 5) is 15.3. The molecule has 0 N–H and O–H groups in total. The molecule has 0 aromatic heterocycles. The number of benzene rings is 1. The minimum absolute atomic E-state index is 0.179. The molecule has 0 radical (unpaired) electrons. The Bertz CT molecular complexity index is 459. The van der Waals surface area contributed by atoms with E-state index in [1.807, 2.05) is 12.1 Å². The van der Waals surface area contributed by atoms with Crippen LogP contribution in [0.25, 0.3) is 0 Å². The average Bonchev–Trinajstić information content (AvgIpc) is 2.40. The normalized spacial score (nSPS) is 16.6. The summed E-state index contributed by atoms with van der Waals surface area (Å²) >= 11 is 3.29. The number of piperazine rings is 1. The molecule has 1 aliphatic heterocycles. The largest absolute Gasteiger partial charge is 0.363 e. The molecule has 2 rings (SSSR count). The first-order valence-corrected chi connectivity index (χ1v) is 7.32. The van der Waals surface area contributed by atoms with Gasteiger partial charge in [-0.05, 0) is 25.1 Å². The second kappa shape index (κ2) is 6.34. The molecule has 1 aliphatic rings. The van der Waals surface area contributed by atoms with Crippen LogP contribution >= 0.6 is 15.9 Å². The smallest absolute Gasteiger partial charge is 0.293 e. The van der Waals surface area contributed by atoms with Gasteiger partial charge in [-0.25, -0.2) is 0 Å². The first-order valence-electron chi connectivity index (χ1n) is 6.53. The number of hydrogen-bond donors (Lipinski definition) is 0. The molecule has 0 saturated carbocycles. The maximum atomic E-state index is 11.1. The van der Waals surface area contributed by atoms with E-state index < -0.39 is 0 Å². The average molecular weight is 328 g/mol. The highest BCUT2D eigenvalue weighted by atomic mass is 79.9. The summed E-state index contributed by atoms with van der Waals surface area (Å²) in [7, 11) is 0. The Kier molecular flexibility index (Phi) is 4.76. The van der Waals surface area contributed by atoms with Gasteiger partial charge < -0.3 is 4.90 Å². The molecule has 0 amide bonds. The van der Waals surface area contributed by atoms with E-state index in [9.17, 15) is 10.1 Å². The lowest BCUT2D eigenvalue weighted by Gasteiger charge is -2.35. The molecule has 0 atom stereocenters. The predicted octanol–water partition coefficient (Wildman–Crippen LogP) is 2.89. The van der Waals surface area contributed by atoms with Crippen molar-refractivity contribution in [3.63, 3.8) is 0 Å². The summed E-state index contributed by atoms with van der Waals surface area (Å²) in [6, 6.07) is 5.27. The van der Waals surface area contributed by atoms with Crippen LogP contribution in [0.3, 0.4) is 0 Å². The van der Waals surface area contributed by atoms with Crippen molar-refractivity contribution in [2.45, 2.75) is 13.3 Å². The van der Waals surface area contributed by atoms with Crippen molar-refractivity contribution in [3.05, 3.63) is 32.8 Å². The number of hydrogen-bond acceptors (Lipinski definition) is 4. The molecule has 1 aromatic carbocycles. The Morgan fingerprint density at radius 2 is 2.00 bits per heavy atom. The van der Waals surface area contributed by atoms with Crippen LogP contribution in [-0.4, -0.2) is 42.5 Å². The molecule has 0 bridgehead atoms. The lowest BCUT2D eigenvalue weighted by Crippen LogP contribution is -2.46. The van der Waals surface area contributed by atoms with Gasteiger partial charge in [0.1, 0.15) is 5.69 Å². The summed E-state index contributed by atoms with van der Waals surface area (Å²) < 4.78 is 0.743. The fourth-order valence-corrected chi connectivity index (χ4v) is 2.79. The third-order valence-corrected chi connectivity index (χ3v) is 3.88. The van der Waals surface area contributed by atoms with Crippen LogP contribution in [0, 0.1) is 10.1 Å². The summed E-state index contributed by atoms with van der Waals surface area (Å²) in [6.07, 6.45) is 1.15. The lowest BCUT2D eigenvalue weighted by atomic mass is 10.2. The van der Waals surface area contributed by atoms with Crippen LogP contribution in [0.1, 0.15) is 13.3 Å². The highest BCUT2D eigenvalue weighted by molar-refractivity contribution is 9.10. The molecule has 1 fully saturated rings. The lowest BCUT2D eigenvalue weighted by molar-refractivity contribution is -0.384. The number of rotatable bonds is 4. The van der Waals surface area contributed by atoms with Crippen molar-refractivity contribution in [1.29, 1.82) is 0 Å². The van der Waals surface area contributed by atoms with Crippen LogP contribution in [0.2, 0.25) is 0 Å². The van der Waals surface area contributed by atoms with Gasteiger partial charge in [-0.15, -0.1) is 0 Å². The van der Waals surface area contributed by atoms with E-state index in [1.54, 1.807) is 6.07 Å². The van der Waals surface area contributed by atoms with Crippen LogP contribution in [-0.2, 0) is 0 Å². The first-order chi connectivity index (χ1) is 9.11. The molecular weight excluding hydrogens is 310 g/mol. The Hall–Kier alpha value is -1.14. The first kappa shape index (κ1) is 14.3. The molecule has 0 spiro atoms. The van der Waals surface area contributed by atoms with Crippen molar-refractivity contribution in [3.8, 4) is 0 Å². The number of anilines is 1. The topological polar surface area (TPSA) is 49.6 Å². The molecule has 0 aliphatic carbocycles. The van der Waals surface area contributed by atoms with Crippen LogP contribution in [0.4, 0.5) is 11.4 Å². The zero-order valence-corrected chi connectivity index (χ0v) is 12.6. The van der Waals surface area contributed by atoms with Gasteiger partial charge in [0.25, 0.3) is 5.69 Å². The number of nitrogens with zero attached hydrogens (tertiary/aromatic N) is 3. The van der Waals surface area contributed by atoms with Gasteiger partial charge >= 0.3 is 0 Å². The maximum Gasteiger partial charge on any atom is 0.293 e. The summed E-state index contributed by atoms with van der Waals surface area (Å²) in [5.74, 6) is 0. The quantitative estimate of drug-likeness (QED) is 0.630. The number of nitro groups is 1. The number of nitro benzene ring substituents is 1. The standard InChI is InChI=1S/C13H18BrN3O2/c1-2-5-15-6-8-16(9-7-15)12-4-3-11(14)10-13(12)17(18)19/h3-4,10H,2,5-9H2,1H3. The zero-order chi connectivity index (χ0) is 13.8. The monoisotopic (exact) mass is 327 g/mol. The van der Waals surface area contributed by atoms with Crippen molar-refractivity contribution in [2.24, 2.45) is 0 Å². The van der Waals surface area contributed by atoms with Crippen molar-refractivity contribution in [2.75, 3.05) is 37.6 Å². The fraction of sp³-hybridized carbons (Fsp3) is 0.538. The van der Waals surface area contributed by atoms with Gasteiger partial charge in [-0.2, -0.15) is 0 Å². The van der Waals surface area contributed by atoms with Crippen molar-refractivity contribution in [1.82, 2.24) is 4.90 Å². The zero-order valence-electron chi connectivity index (χ0n) is 11.0. The third kappa shape index (κ3) is 3.45. The molecule has 1 saturated heterocycles. The maximum absolute atomic E-state index is 11.1.